The number of rotatable bonds is 7. The topological polar surface area (TPSA) is 77.7 Å². The van der Waals surface area contributed by atoms with Gasteiger partial charge >= 0.3 is 0 Å². The van der Waals surface area contributed by atoms with Crippen LogP contribution in [0.2, 0.25) is 0 Å². The molecule has 3 heterocycles. The summed E-state index contributed by atoms with van der Waals surface area (Å²) in [7, 11) is 1.60. The lowest BCUT2D eigenvalue weighted by atomic mass is 10.0. The average Bonchev–Trinajstić information content (AvgIpc) is 3.34. The number of carbonyl (C=O) groups excluding carboxylic acids is 2. The van der Waals surface area contributed by atoms with Crippen molar-refractivity contribution in [2.45, 2.75) is 27.3 Å². The Morgan fingerprint density at radius 3 is 2.67 bits per heavy atom. The number of anilines is 1. The van der Waals surface area contributed by atoms with Crippen LogP contribution in [0.15, 0.2) is 18.2 Å². The lowest BCUT2D eigenvalue weighted by Crippen LogP contribution is -2.35. The van der Waals surface area contributed by atoms with Gasteiger partial charge in [-0.15, -0.1) is 0 Å². The molecule has 2 aliphatic heterocycles. The number of hydrogen-bond acceptors (Lipinski definition) is 4. The standard InChI is InChI=1S/C23H28N4O3/c1-5-26(6-2)9-10-27-13-20-21(23(27)29)14(3)19(24-20)12-17-16-11-15(30-4)7-8-18(16)25-22(17)28/h7-8,11-12,24H,5-6,9-10,13H2,1-4H3,(H,25,28)/b17-12+. The molecule has 7 heteroatoms. The van der Waals surface area contributed by atoms with Crippen molar-refractivity contribution in [3.05, 3.63) is 46.3 Å². The van der Waals surface area contributed by atoms with Crippen LogP contribution in [-0.4, -0.2) is 59.9 Å². The van der Waals surface area contributed by atoms with Gasteiger partial charge in [-0.05, 0) is 49.9 Å². The number of fused-ring (bicyclic) bond motifs is 2. The number of carbonyl (C=O) groups is 2. The summed E-state index contributed by atoms with van der Waals surface area (Å²) in [5.41, 5.74) is 5.49. The molecule has 0 fully saturated rings. The smallest absolute Gasteiger partial charge is 0.256 e. The largest absolute Gasteiger partial charge is 0.497 e. The van der Waals surface area contributed by atoms with Crippen LogP contribution in [0.25, 0.3) is 11.6 Å². The van der Waals surface area contributed by atoms with Crippen LogP contribution in [-0.2, 0) is 11.3 Å². The van der Waals surface area contributed by atoms with Crippen LogP contribution in [0, 0.1) is 6.92 Å². The highest BCUT2D eigenvalue weighted by atomic mass is 16.5. The number of amides is 2. The van der Waals surface area contributed by atoms with Crippen molar-refractivity contribution in [3.63, 3.8) is 0 Å². The van der Waals surface area contributed by atoms with Crippen LogP contribution in [0.4, 0.5) is 5.69 Å². The van der Waals surface area contributed by atoms with Gasteiger partial charge in [0.1, 0.15) is 5.75 Å². The highest BCUT2D eigenvalue weighted by molar-refractivity contribution is 6.35. The first-order chi connectivity index (χ1) is 14.5. The molecule has 1 aromatic heterocycles. The quantitative estimate of drug-likeness (QED) is 0.690. The minimum Gasteiger partial charge on any atom is -0.497 e. The van der Waals surface area contributed by atoms with Crippen LogP contribution in [0.1, 0.15) is 46.7 Å². The van der Waals surface area contributed by atoms with Gasteiger partial charge in [0.15, 0.2) is 0 Å². The van der Waals surface area contributed by atoms with E-state index in [0.717, 1.165) is 53.4 Å². The average molecular weight is 409 g/mol. The second-order valence-electron chi connectivity index (χ2n) is 7.69. The zero-order valence-electron chi connectivity index (χ0n) is 18.0. The van der Waals surface area contributed by atoms with Gasteiger partial charge in [-0.25, -0.2) is 0 Å². The second kappa shape index (κ2) is 7.99. The Morgan fingerprint density at radius 1 is 1.23 bits per heavy atom. The van der Waals surface area contributed by atoms with Crippen LogP contribution in [0.3, 0.4) is 0 Å². The number of hydrogen-bond donors (Lipinski definition) is 2. The third kappa shape index (κ3) is 3.39. The van der Waals surface area contributed by atoms with E-state index in [1.165, 1.54) is 0 Å². The molecule has 0 atom stereocenters. The van der Waals surface area contributed by atoms with Crippen molar-refractivity contribution in [2.75, 3.05) is 38.6 Å². The van der Waals surface area contributed by atoms with E-state index in [9.17, 15) is 9.59 Å². The monoisotopic (exact) mass is 408 g/mol. The molecule has 2 amide bonds. The van der Waals surface area contributed by atoms with Gasteiger partial charge in [0.25, 0.3) is 11.8 Å². The Hall–Kier alpha value is -3.06. The van der Waals surface area contributed by atoms with E-state index in [0.29, 0.717) is 24.4 Å². The van der Waals surface area contributed by atoms with Crippen molar-refractivity contribution in [2.24, 2.45) is 0 Å². The first-order valence-corrected chi connectivity index (χ1v) is 10.4. The molecule has 2 N–H and O–H groups in total. The molecule has 0 aliphatic carbocycles. The highest BCUT2D eigenvalue weighted by Gasteiger charge is 2.33. The minimum atomic E-state index is -0.153. The van der Waals surface area contributed by atoms with Crippen molar-refractivity contribution in [1.82, 2.24) is 14.8 Å². The molecule has 158 valence electrons. The summed E-state index contributed by atoms with van der Waals surface area (Å²) in [5.74, 6) is 0.606. The molecule has 0 unspecified atom stereocenters. The number of H-pyrrole nitrogens is 1. The fourth-order valence-electron chi connectivity index (χ4n) is 4.22. The maximum absolute atomic E-state index is 13.0. The van der Waals surface area contributed by atoms with E-state index in [4.69, 9.17) is 4.74 Å². The zero-order valence-corrected chi connectivity index (χ0v) is 18.0. The van der Waals surface area contributed by atoms with Crippen molar-refractivity contribution in [1.29, 1.82) is 0 Å². The number of ether oxygens (including phenoxy) is 1. The van der Waals surface area contributed by atoms with Gasteiger partial charge in [0.05, 0.1) is 24.8 Å². The van der Waals surface area contributed by atoms with E-state index >= 15 is 0 Å². The Bertz CT molecular complexity index is 1030. The number of likely N-dealkylation sites (N-methyl/N-ethyl adjacent to an activating group) is 1. The number of benzene rings is 1. The first kappa shape index (κ1) is 20.2. The molecule has 1 aromatic carbocycles. The maximum atomic E-state index is 13.0. The van der Waals surface area contributed by atoms with Crippen LogP contribution in [0.5, 0.6) is 5.75 Å². The second-order valence-corrected chi connectivity index (χ2v) is 7.69. The number of nitrogens with zero attached hydrogens (tertiary/aromatic N) is 2. The molecule has 2 aromatic rings. The molecular formula is C23H28N4O3. The van der Waals surface area contributed by atoms with Crippen molar-refractivity contribution >= 4 is 29.2 Å². The van der Waals surface area contributed by atoms with Crippen LogP contribution >= 0.6 is 0 Å². The molecule has 0 radical (unpaired) electrons. The number of methoxy groups -OCH3 is 1. The lowest BCUT2D eigenvalue weighted by Gasteiger charge is -2.22. The predicted octanol–water partition coefficient (Wildman–Crippen LogP) is 3.12. The normalized spacial score (nSPS) is 16.4. The molecule has 30 heavy (non-hydrogen) atoms. The first-order valence-electron chi connectivity index (χ1n) is 10.4. The minimum absolute atomic E-state index is 0.0634. The third-order valence-corrected chi connectivity index (χ3v) is 6.10. The number of aromatic nitrogens is 1. The number of aromatic amines is 1. The molecule has 0 saturated carbocycles. The summed E-state index contributed by atoms with van der Waals surface area (Å²) in [4.78, 5) is 33.1. The fraction of sp³-hybridized carbons (Fsp3) is 0.391. The lowest BCUT2D eigenvalue weighted by molar-refractivity contribution is -0.110. The Labute approximate surface area is 176 Å². The Morgan fingerprint density at radius 2 is 2.00 bits per heavy atom. The van der Waals surface area contributed by atoms with Gasteiger partial charge in [-0.3, -0.25) is 9.59 Å². The SMILES string of the molecule is CCN(CC)CCN1Cc2[nH]c(/C=C3/C(=O)Nc4ccc(OC)cc43)c(C)c2C1=O. The van der Waals surface area contributed by atoms with E-state index in [1.807, 2.05) is 36.1 Å². The Kier molecular flexibility index (Phi) is 5.39. The summed E-state index contributed by atoms with van der Waals surface area (Å²) >= 11 is 0. The Balaban J connectivity index is 1.59. The van der Waals surface area contributed by atoms with Gasteiger partial charge in [-0.2, -0.15) is 0 Å². The molecule has 0 bridgehead atoms. The van der Waals surface area contributed by atoms with Gasteiger partial charge in [0.2, 0.25) is 0 Å². The van der Waals surface area contributed by atoms with Gasteiger partial charge in [0, 0.05) is 35.7 Å². The number of nitrogens with one attached hydrogen (secondary N) is 2. The molecule has 0 spiro atoms. The van der Waals surface area contributed by atoms with Gasteiger partial charge < -0.3 is 24.8 Å². The fourth-order valence-corrected chi connectivity index (χ4v) is 4.22. The van der Waals surface area contributed by atoms with E-state index in [-0.39, 0.29) is 11.8 Å². The molecule has 7 nitrogen and oxygen atoms in total. The van der Waals surface area contributed by atoms with Crippen molar-refractivity contribution < 1.29 is 14.3 Å². The summed E-state index contributed by atoms with van der Waals surface area (Å²) < 4.78 is 5.30. The van der Waals surface area contributed by atoms with E-state index < -0.39 is 0 Å². The van der Waals surface area contributed by atoms with E-state index in [1.54, 1.807) is 7.11 Å². The predicted molar refractivity (Wildman–Crippen MR) is 118 cm³/mol. The third-order valence-electron chi connectivity index (χ3n) is 6.10. The summed E-state index contributed by atoms with van der Waals surface area (Å²) in [5, 5.41) is 2.89. The van der Waals surface area contributed by atoms with E-state index in [2.05, 4.69) is 29.0 Å². The molecule has 2 aliphatic rings. The highest BCUT2D eigenvalue weighted by Crippen LogP contribution is 2.37. The summed E-state index contributed by atoms with van der Waals surface area (Å²) in [6, 6.07) is 5.51. The molecular weight excluding hydrogens is 380 g/mol. The molecule has 0 saturated heterocycles. The maximum Gasteiger partial charge on any atom is 0.256 e. The zero-order chi connectivity index (χ0) is 21.4. The molecule has 4 rings (SSSR count). The summed E-state index contributed by atoms with van der Waals surface area (Å²) in [6.45, 7) is 10.3. The van der Waals surface area contributed by atoms with Crippen molar-refractivity contribution in [3.8, 4) is 5.75 Å². The van der Waals surface area contributed by atoms with Crippen LogP contribution < -0.4 is 10.1 Å². The van der Waals surface area contributed by atoms with Gasteiger partial charge in [-0.1, -0.05) is 13.8 Å². The summed E-state index contributed by atoms with van der Waals surface area (Å²) in [6.07, 6.45) is 1.84.